The molecule has 2 N–H and O–H groups in total. The van der Waals surface area contributed by atoms with Crippen LogP contribution in [0, 0.1) is 0 Å². The van der Waals surface area contributed by atoms with Crippen LogP contribution in [0.5, 0.6) is 0 Å². The van der Waals surface area contributed by atoms with Gasteiger partial charge in [-0.15, -0.1) is 0 Å². The number of ether oxygens (including phenoxy) is 4. The van der Waals surface area contributed by atoms with Gasteiger partial charge in [0.25, 0.3) is 0 Å². The van der Waals surface area contributed by atoms with Gasteiger partial charge in [-0.2, -0.15) is 0 Å². The molecule has 0 aromatic carbocycles. The molecule has 0 amide bonds. The van der Waals surface area contributed by atoms with Gasteiger partial charge in [0, 0.05) is 32.1 Å². The number of esters is 4. The maximum Gasteiger partial charge on any atom is 0.456 e. The van der Waals surface area contributed by atoms with Gasteiger partial charge in [0.1, 0.15) is 0 Å². The summed E-state index contributed by atoms with van der Waals surface area (Å²) < 4.78 is 20.7. The van der Waals surface area contributed by atoms with Crippen molar-refractivity contribution in [1.29, 1.82) is 0 Å². The largest absolute Gasteiger partial charge is 0.456 e. The number of carbonyl (C=O) groups is 4. The van der Waals surface area contributed by atoms with Crippen LogP contribution >= 0.6 is 0 Å². The molecule has 1 unspecified atom stereocenters. The van der Waals surface area contributed by atoms with Crippen LogP contribution in [0.1, 0.15) is 77.6 Å². The highest BCUT2D eigenvalue weighted by molar-refractivity contribution is 5.75. The fourth-order valence-electron chi connectivity index (χ4n) is 3.17. The van der Waals surface area contributed by atoms with E-state index in [1.165, 1.54) is 6.92 Å². The molecule has 10 heteroatoms. The van der Waals surface area contributed by atoms with Crippen LogP contribution in [0.4, 0.5) is 0 Å². The van der Waals surface area contributed by atoms with Crippen molar-refractivity contribution >= 4 is 23.9 Å². The first-order valence-corrected chi connectivity index (χ1v) is 9.93. The molecule has 0 saturated carbocycles. The summed E-state index contributed by atoms with van der Waals surface area (Å²) in [5.74, 6) is -9.13. The summed E-state index contributed by atoms with van der Waals surface area (Å²) in [6, 6.07) is 0. The first-order chi connectivity index (χ1) is 13.7. The average molecular weight is 416 g/mol. The lowest BCUT2D eigenvalue weighted by molar-refractivity contribution is -0.443. The SMILES string of the molecule is CC(O)CCCC1(C2(O)OC(=O)CCCCC(=O)O2)OC(=O)CCCCC(=O)O1. The molecular weight excluding hydrogens is 388 g/mol. The van der Waals surface area contributed by atoms with E-state index in [9.17, 15) is 29.4 Å². The summed E-state index contributed by atoms with van der Waals surface area (Å²) in [5.41, 5.74) is 0. The Balaban J connectivity index is 2.47. The molecule has 2 aliphatic rings. The van der Waals surface area contributed by atoms with Crippen LogP contribution in [-0.2, 0) is 38.1 Å². The predicted molar refractivity (Wildman–Crippen MR) is 94.5 cm³/mol. The Hall–Kier alpha value is -2.20. The third-order valence-electron chi connectivity index (χ3n) is 4.69. The average Bonchev–Trinajstić information content (AvgIpc) is 2.72. The Morgan fingerprint density at radius 2 is 1.17 bits per heavy atom. The van der Waals surface area contributed by atoms with Gasteiger partial charge in [-0.05, 0) is 45.4 Å². The van der Waals surface area contributed by atoms with E-state index in [2.05, 4.69) is 0 Å². The fraction of sp³-hybridized carbons (Fsp3) is 0.789. The highest BCUT2D eigenvalue weighted by Crippen LogP contribution is 2.39. The lowest BCUT2D eigenvalue weighted by Crippen LogP contribution is -2.63. The highest BCUT2D eigenvalue weighted by Gasteiger charge is 2.65. The third-order valence-corrected chi connectivity index (χ3v) is 4.69. The number of aliphatic hydroxyl groups is 2. The lowest BCUT2D eigenvalue weighted by atomic mass is 10.0. The molecule has 0 aromatic rings. The van der Waals surface area contributed by atoms with Gasteiger partial charge in [-0.3, -0.25) is 19.2 Å². The molecule has 1 atom stereocenters. The number of carbonyl (C=O) groups excluding carboxylic acids is 4. The molecule has 2 fully saturated rings. The summed E-state index contributed by atoms with van der Waals surface area (Å²) in [7, 11) is 0. The predicted octanol–water partition coefficient (Wildman–Crippen LogP) is 1.20. The maximum absolute atomic E-state index is 12.3. The molecule has 2 rings (SSSR count). The van der Waals surface area contributed by atoms with Crippen molar-refractivity contribution in [2.45, 2.75) is 95.4 Å². The Bertz CT molecular complexity index is 586. The van der Waals surface area contributed by atoms with Crippen LogP contribution < -0.4 is 0 Å². The van der Waals surface area contributed by atoms with Crippen molar-refractivity contribution in [1.82, 2.24) is 0 Å². The zero-order chi connectivity index (χ0) is 21.5. The molecular formula is C19H28O10. The van der Waals surface area contributed by atoms with Crippen LogP contribution in [0.25, 0.3) is 0 Å². The van der Waals surface area contributed by atoms with Crippen molar-refractivity contribution in [2.24, 2.45) is 0 Å². The number of cyclic esters (lactones) is 4. The number of hydrogen-bond acceptors (Lipinski definition) is 10. The summed E-state index contributed by atoms with van der Waals surface area (Å²) >= 11 is 0. The zero-order valence-electron chi connectivity index (χ0n) is 16.5. The Labute approximate surface area is 168 Å². The van der Waals surface area contributed by atoms with E-state index in [0.29, 0.717) is 25.7 Å². The van der Waals surface area contributed by atoms with E-state index in [-0.39, 0.29) is 44.9 Å². The van der Waals surface area contributed by atoms with Gasteiger partial charge in [0.2, 0.25) is 0 Å². The maximum atomic E-state index is 12.3. The van der Waals surface area contributed by atoms with Gasteiger partial charge in [-0.25, -0.2) is 0 Å². The monoisotopic (exact) mass is 416 g/mol. The Kier molecular flexibility index (Phi) is 7.97. The van der Waals surface area contributed by atoms with Crippen LogP contribution in [0.15, 0.2) is 0 Å². The van der Waals surface area contributed by atoms with E-state index in [1.54, 1.807) is 0 Å². The second kappa shape index (κ2) is 10.0. The molecule has 0 aliphatic carbocycles. The van der Waals surface area contributed by atoms with E-state index in [1.807, 2.05) is 0 Å². The van der Waals surface area contributed by atoms with Crippen LogP contribution in [0.3, 0.4) is 0 Å². The minimum atomic E-state index is -3.14. The first kappa shape index (κ1) is 23.1. The van der Waals surface area contributed by atoms with E-state index in [0.717, 1.165) is 0 Å². The smallest absolute Gasteiger partial charge is 0.412 e. The summed E-state index contributed by atoms with van der Waals surface area (Å²) in [6.45, 7) is 1.53. The molecule has 164 valence electrons. The lowest BCUT2D eigenvalue weighted by Gasteiger charge is -2.41. The first-order valence-electron chi connectivity index (χ1n) is 9.93. The van der Waals surface area contributed by atoms with Crippen molar-refractivity contribution in [3.8, 4) is 0 Å². The van der Waals surface area contributed by atoms with Gasteiger partial charge < -0.3 is 29.2 Å². The van der Waals surface area contributed by atoms with Gasteiger partial charge in [0.15, 0.2) is 0 Å². The van der Waals surface area contributed by atoms with Crippen molar-refractivity contribution in [3.05, 3.63) is 0 Å². The third kappa shape index (κ3) is 6.40. The molecule has 0 radical (unpaired) electrons. The highest BCUT2D eigenvalue weighted by atomic mass is 16.9. The normalized spacial score (nSPS) is 24.1. The quantitative estimate of drug-likeness (QED) is 0.627. The minimum Gasteiger partial charge on any atom is -0.412 e. The Morgan fingerprint density at radius 3 is 1.55 bits per heavy atom. The minimum absolute atomic E-state index is 0.0627. The van der Waals surface area contributed by atoms with E-state index < -0.39 is 41.7 Å². The second-order valence-corrected chi connectivity index (χ2v) is 7.39. The van der Waals surface area contributed by atoms with E-state index in [4.69, 9.17) is 18.9 Å². The van der Waals surface area contributed by atoms with Gasteiger partial charge in [0.05, 0.1) is 6.10 Å². The zero-order valence-corrected chi connectivity index (χ0v) is 16.5. The van der Waals surface area contributed by atoms with E-state index >= 15 is 0 Å². The fourth-order valence-corrected chi connectivity index (χ4v) is 3.17. The second-order valence-electron chi connectivity index (χ2n) is 7.39. The molecule has 0 spiro atoms. The molecule has 2 saturated heterocycles. The standard InChI is InChI=1S/C19H28O10/c1-13(20)7-6-12-18(26-14(21)8-2-3-9-15(22)27-18)19(25)28-16(23)10-4-5-11-17(24)29-19/h13,20,25H,2-12H2,1H3. The van der Waals surface area contributed by atoms with Gasteiger partial charge >= 0.3 is 35.6 Å². The molecule has 0 aromatic heterocycles. The molecule has 2 aliphatic heterocycles. The summed E-state index contributed by atoms with van der Waals surface area (Å²) in [5, 5.41) is 20.7. The number of rotatable bonds is 5. The molecule has 2 heterocycles. The van der Waals surface area contributed by atoms with Crippen LogP contribution in [0.2, 0.25) is 0 Å². The van der Waals surface area contributed by atoms with Gasteiger partial charge in [-0.1, -0.05) is 0 Å². The Morgan fingerprint density at radius 1 is 0.793 bits per heavy atom. The van der Waals surface area contributed by atoms with Crippen molar-refractivity contribution in [2.75, 3.05) is 0 Å². The molecule has 10 nitrogen and oxygen atoms in total. The van der Waals surface area contributed by atoms with Crippen molar-refractivity contribution < 1.29 is 48.3 Å². The summed E-state index contributed by atoms with van der Waals surface area (Å²) in [6.07, 6.45) is 0.267. The molecule has 0 bridgehead atoms. The van der Waals surface area contributed by atoms with Crippen LogP contribution in [-0.4, -0.2) is 52.0 Å². The topological polar surface area (TPSA) is 146 Å². The number of aliphatic hydroxyl groups excluding tert-OH is 1. The van der Waals surface area contributed by atoms with Crippen molar-refractivity contribution in [3.63, 3.8) is 0 Å². The molecule has 29 heavy (non-hydrogen) atoms. The summed E-state index contributed by atoms with van der Waals surface area (Å²) in [4.78, 5) is 49.0. The number of hydrogen-bond donors (Lipinski definition) is 2.